The molecule has 3 fully saturated rings. The number of aliphatic hydroxyl groups is 1. The summed E-state index contributed by atoms with van der Waals surface area (Å²) >= 11 is 1.58. The van der Waals surface area contributed by atoms with Gasteiger partial charge in [0, 0.05) is 38.2 Å². The molecule has 1 aromatic carbocycles. The third-order valence-corrected chi connectivity index (χ3v) is 14.2. The number of amides is 1. The summed E-state index contributed by atoms with van der Waals surface area (Å²) in [4.78, 5) is 50.7. The van der Waals surface area contributed by atoms with E-state index in [-0.39, 0.29) is 61.2 Å². The lowest BCUT2D eigenvalue weighted by Gasteiger charge is -2.46. The number of esters is 1. The maximum atomic E-state index is 14.4. The molecule has 17 heteroatoms. The number of nitrogens with one attached hydrogen (secondary N) is 1. The molecule has 0 spiro atoms. The smallest absolute Gasteiger partial charge is 0.410 e. The van der Waals surface area contributed by atoms with Gasteiger partial charge in [-0.05, 0) is 105 Å². The first-order valence-corrected chi connectivity index (χ1v) is 22.7. The Balaban J connectivity index is 0.00000436. The summed E-state index contributed by atoms with van der Waals surface area (Å²) in [5.74, 6) is -3.16. The van der Waals surface area contributed by atoms with Crippen LogP contribution in [0.2, 0.25) is 0 Å². The van der Waals surface area contributed by atoms with Crippen LogP contribution in [0.25, 0.3) is 20.9 Å². The Labute approximate surface area is 400 Å². The van der Waals surface area contributed by atoms with Crippen molar-refractivity contribution in [3.63, 3.8) is 0 Å². The molecule has 3 aliphatic rings. The molecule has 3 unspecified atom stereocenters. The van der Waals surface area contributed by atoms with E-state index >= 15 is 0 Å². The van der Waals surface area contributed by atoms with Gasteiger partial charge in [0.1, 0.15) is 28.8 Å². The highest BCUT2D eigenvalue weighted by Gasteiger charge is 2.58. The topological polar surface area (TPSA) is 180 Å². The predicted molar refractivity (Wildman–Crippen MR) is 264 cm³/mol. The Bertz CT molecular complexity index is 1950. The van der Waals surface area contributed by atoms with Gasteiger partial charge in [-0.2, -0.15) is 0 Å². The van der Waals surface area contributed by atoms with Crippen LogP contribution in [-0.2, 0) is 39.8 Å². The number of hydrogen-bond acceptors (Lipinski definition) is 15. The number of thiazole rings is 1. The number of para-hydroxylation sites is 1. The Morgan fingerprint density at radius 3 is 2.30 bits per heavy atom. The van der Waals surface area contributed by atoms with Crippen molar-refractivity contribution in [1.82, 2.24) is 35.1 Å². The van der Waals surface area contributed by atoms with Crippen molar-refractivity contribution in [3.8, 4) is 10.7 Å². The number of benzene rings is 1. The number of carbonyl (C=O) groups excluding carboxylic acids is 3. The summed E-state index contributed by atoms with van der Waals surface area (Å²) in [6, 6.07) is 6.94. The zero-order valence-electron chi connectivity index (χ0n) is 37.7. The van der Waals surface area contributed by atoms with Crippen molar-refractivity contribution in [1.29, 1.82) is 0 Å². The first-order chi connectivity index (χ1) is 28.9. The van der Waals surface area contributed by atoms with E-state index in [1.54, 1.807) is 41.9 Å². The van der Waals surface area contributed by atoms with Crippen molar-refractivity contribution < 1.29 is 43.2 Å². The van der Waals surface area contributed by atoms with Gasteiger partial charge >= 0.3 is 12.1 Å². The highest BCUT2D eigenvalue weighted by Crippen LogP contribution is 2.40. The molecule has 1 amide bonds. The van der Waals surface area contributed by atoms with Crippen molar-refractivity contribution in [2.75, 3.05) is 34.3 Å². The molecule has 6 rings (SSSR count). The SMILES string of the molecule is C.C.C.C.C.CC[C@H]1OC(=O)[C@H](C)C(=O)[C@H](C)[C@@H](O[C@@H]2OC(C)CC(N(C)C)C2O)[C@](C)(OC)C[C@@H](C)CN[C@H](C)[C@H]2N(CCCCn3cc(-c4nc5ccccc5s4)nn3)C(=O)O[C@]12C. The summed E-state index contributed by atoms with van der Waals surface area (Å²) in [6.07, 6.45) is 0.226. The minimum absolute atomic E-state index is 0. The van der Waals surface area contributed by atoms with Gasteiger partial charge < -0.3 is 39.0 Å². The first kappa shape index (κ1) is 60.4. The zero-order chi connectivity index (χ0) is 44.4. The van der Waals surface area contributed by atoms with Crippen LogP contribution in [0.4, 0.5) is 4.79 Å². The van der Waals surface area contributed by atoms with Crippen LogP contribution < -0.4 is 5.32 Å². The number of aromatic nitrogens is 4. The number of fused-ring (bicyclic) bond motifs is 2. The van der Waals surface area contributed by atoms with Gasteiger partial charge in [-0.3, -0.25) is 19.2 Å². The molecule has 2 aromatic heterocycles. The fraction of sp³-hybridized carbons (Fsp3) is 0.755. The molecule has 3 aromatic rings. The fourth-order valence-corrected chi connectivity index (χ4v) is 10.6. The van der Waals surface area contributed by atoms with Crippen LogP contribution in [0.5, 0.6) is 0 Å². The molecular formula is C49H87N7O9S. The number of ketones is 1. The highest BCUT2D eigenvalue weighted by molar-refractivity contribution is 7.21. The monoisotopic (exact) mass is 950 g/mol. The average molecular weight is 950 g/mol. The van der Waals surface area contributed by atoms with Crippen LogP contribution >= 0.6 is 11.3 Å². The number of nitrogens with zero attached hydrogens (tertiary/aromatic N) is 6. The third kappa shape index (κ3) is 12.7. The fourth-order valence-electron chi connectivity index (χ4n) is 9.70. The van der Waals surface area contributed by atoms with Crippen molar-refractivity contribution in [2.45, 2.75) is 191 Å². The summed E-state index contributed by atoms with van der Waals surface area (Å²) in [7, 11) is 5.40. The van der Waals surface area contributed by atoms with Crippen LogP contribution in [0.15, 0.2) is 30.5 Å². The van der Waals surface area contributed by atoms with Crippen LogP contribution in [0.1, 0.15) is 125 Å². The molecule has 66 heavy (non-hydrogen) atoms. The molecule has 13 atom stereocenters. The summed E-state index contributed by atoms with van der Waals surface area (Å²) in [5, 5.41) is 24.7. The number of hydrogen-bond donors (Lipinski definition) is 2. The summed E-state index contributed by atoms with van der Waals surface area (Å²) in [6.45, 7) is 16.5. The Morgan fingerprint density at radius 2 is 1.67 bits per heavy atom. The molecule has 0 bridgehead atoms. The number of ether oxygens (including phenoxy) is 5. The van der Waals surface area contributed by atoms with E-state index in [1.807, 2.05) is 84.1 Å². The number of methoxy groups -OCH3 is 1. The average Bonchev–Trinajstić information content (AvgIpc) is 3.95. The number of aryl methyl sites for hydroxylation is 1. The highest BCUT2D eigenvalue weighted by atomic mass is 32.1. The van der Waals surface area contributed by atoms with E-state index in [1.165, 1.54) is 0 Å². The van der Waals surface area contributed by atoms with Crippen LogP contribution in [0.3, 0.4) is 0 Å². The van der Waals surface area contributed by atoms with E-state index in [2.05, 4.69) is 22.6 Å². The summed E-state index contributed by atoms with van der Waals surface area (Å²) in [5.41, 5.74) is -0.630. The molecule has 0 saturated carbocycles. The van der Waals surface area contributed by atoms with Crippen molar-refractivity contribution in [3.05, 3.63) is 30.5 Å². The second-order valence-corrected chi connectivity index (χ2v) is 19.2. The minimum Gasteiger partial charge on any atom is -0.458 e. The molecule has 3 saturated heterocycles. The molecule has 378 valence electrons. The number of rotatable bonds is 11. The standard InChI is InChI=1S/C44H67N7O9S.5CH4/c1-12-34-44(8)37(51(42(55)60-44)20-16-15-19-50-24-31(47-48-50)39-46-30-17-13-14-18-33(30)61-39)29(6)45-23-25(2)22-43(7,56-11)38(27(4)35(52)28(5)40(54)58-34)59-41-36(53)32(49(9)10)21-26(3)57-41;;;;;/h13-14,17-18,24-29,32,34,36-38,41,45,53H,12,15-16,19-23H2,1-11H3;5*1H4/t25-,26?,27+,28-,29-,32?,34-,36?,37-,38-,41+,43-,44-;;;;;/m1...../s1. The summed E-state index contributed by atoms with van der Waals surface area (Å²) < 4.78 is 34.5. The van der Waals surface area contributed by atoms with E-state index < -0.39 is 71.5 Å². The van der Waals surface area contributed by atoms with Gasteiger partial charge in [0.2, 0.25) is 0 Å². The number of carbonyl (C=O) groups is 3. The molecule has 16 nitrogen and oxygen atoms in total. The maximum absolute atomic E-state index is 14.4. The molecule has 2 N–H and O–H groups in total. The second kappa shape index (κ2) is 25.2. The normalized spacial score (nSPS) is 33.1. The maximum Gasteiger partial charge on any atom is 0.410 e. The molecule has 0 aliphatic carbocycles. The predicted octanol–water partition coefficient (Wildman–Crippen LogP) is 8.49. The lowest BCUT2D eigenvalue weighted by molar-refractivity contribution is -0.295. The van der Waals surface area contributed by atoms with Crippen molar-refractivity contribution >= 4 is 39.4 Å². The van der Waals surface area contributed by atoms with E-state index in [9.17, 15) is 19.5 Å². The van der Waals surface area contributed by atoms with Crippen LogP contribution in [0, 0.1) is 17.8 Å². The molecular weight excluding hydrogens is 863 g/mol. The lowest BCUT2D eigenvalue weighted by atomic mass is 9.78. The first-order valence-electron chi connectivity index (χ1n) is 21.8. The Hall–Kier alpha value is -3.58. The number of aliphatic hydroxyl groups excluding tert-OH is 1. The zero-order valence-corrected chi connectivity index (χ0v) is 38.5. The Kier molecular flexibility index (Phi) is 23.0. The number of Topliss-reactive ketones (excluding diaryl/α,β-unsaturated/α-hetero) is 1. The number of likely N-dealkylation sites (N-methyl/N-ethyl adjacent to an activating group) is 1. The van der Waals surface area contributed by atoms with Gasteiger partial charge in [-0.25, -0.2) is 9.78 Å². The number of unbranched alkanes of at least 4 members (excludes halogenated alkanes) is 1. The lowest BCUT2D eigenvalue weighted by Crippen LogP contribution is -2.61. The van der Waals surface area contributed by atoms with Gasteiger partial charge in [-0.1, -0.05) is 75.3 Å². The van der Waals surface area contributed by atoms with Gasteiger partial charge in [-0.15, -0.1) is 16.4 Å². The van der Waals surface area contributed by atoms with Crippen LogP contribution in [-0.4, -0.2) is 147 Å². The Morgan fingerprint density at radius 1 is 1.00 bits per heavy atom. The van der Waals surface area contributed by atoms with Crippen molar-refractivity contribution in [2.24, 2.45) is 17.8 Å². The number of cyclic esters (lactones) is 1. The van der Waals surface area contributed by atoms with Gasteiger partial charge in [0.05, 0.1) is 40.3 Å². The molecule has 5 heterocycles. The van der Waals surface area contributed by atoms with E-state index in [4.69, 9.17) is 28.7 Å². The largest absolute Gasteiger partial charge is 0.458 e. The minimum atomic E-state index is -1.23. The quantitative estimate of drug-likeness (QED) is 0.106. The van der Waals surface area contributed by atoms with E-state index in [0.29, 0.717) is 51.0 Å². The van der Waals surface area contributed by atoms with E-state index in [0.717, 1.165) is 21.6 Å². The van der Waals surface area contributed by atoms with Gasteiger partial charge in [0.15, 0.2) is 17.7 Å². The second-order valence-electron chi connectivity index (χ2n) is 18.1. The molecule has 0 radical (unpaired) electrons. The molecule has 3 aliphatic heterocycles. The third-order valence-electron chi connectivity index (χ3n) is 13.1. The van der Waals surface area contributed by atoms with Gasteiger partial charge in [0.25, 0.3) is 0 Å².